The molecule has 2 rings (SSSR count). The van der Waals surface area contributed by atoms with Gasteiger partial charge in [0.2, 0.25) is 5.91 Å². The number of carbonyl (C=O) groups is 2. The van der Waals surface area contributed by atoms with Crippen molar-refractivity contribution in [1.82, 2.24) is 5.32 Å². The van der Waals surface area contributed by atoms with Crippen LogP contribution in [0.1, 0.15) is 24.2 Å². The number of rotatable bonds is 6. The lowest BCUT2D eigenvalue weighted by molar-refractivity contribution is -0.115. The third kappa shape index (κ3) is 5.70. The highest BCUT2D eigenvalue weighted by atomic mass is 79.9. The Morgan fingerprint density at radius 3 is 2.25 bits per heavy atom. The van der Waals surface area contributed by atoms with Crippen molar-refractivity contribution in [2.24, 2.45) is 0 Å². The molecule has 0 aliphatic rings. The van der Waals surface area contributed by atoms with Gasteiger partial charge < -0.3 is 15.4 Å². The van der Waals surface area contributed by atoms with E-state index >= 15 is 0 Å². The largest absolute Gasteiger partial charge is 0.491 e. The highest BCUT2D eigenvalue weighted by Crippen LogP contribution is 2.16. The predicted octanol–water partition coefficient (Wildman–Crippen LogP) is 3.60. The topological polar surface area (TPSA) is 67.4 Å². The minimum absolute atomic E-state index is 0.0965. The molecule has 2 aromatic rings. The molecule has 126 valence electrons. The van der Waals surface area contributed by atoms with Crippen LogP contribution in [-0.2, 0) is 4.79 Å². The summed E-state index contributed by atoms with van der Waals surface area (Å²) in [4.78, 5) is 23.8. The highest BCUT2D eigenvalue weighted by Gasteiger charge is 2.08. The van der Waals surface area contributed by atoms with E-state index in [0.29, 0.717) is 11.3 Å². The van der Waals surface area contributed by atoms with Gasteiger partial charge in [-0.3, -0.25) is 9.59 Å². The van der Waals surface area contributed by atoms with Crippen molar-refractivity contribution in [3.63, 3.8) is 0 Å². The molecule has 2 aromatic carbocycles. The van der Waals surface area contributed by atoms with E-state index < -0.39 is 0 Å². The van der Waals surface area contributed by atoms with Crippen LogP contribution in [0.25, 0.3) is 0 Å². The summed E-state index contributed by atoms with van der Waals surface area (Å²) in [7, 11) is 0. The molecule has 0 fully saturated rings. The Labute approximate surface area is 149 Å². The van der Waals surface area contributed by atoms with E-state index in [1.54, 1.807) is 48.5 Å². The average Bonchev–Trinajstić information content (AvgIpc) is 2.54. The van der Waals surface area contributed by atoms with Gasteiger partial charge in [0.05, 0.1) is 12.6 Å². The minimum Gasteiger partial charge on any atom is -0.491 e. The summed E-state index contributed by atoms with van der Waals surface area (Å²) in [6, 6.07) is 14.0. The van der Waals surface area contributed by atoms with Gasteiger partial charge >= 0.3 is 0 Å². The molecular formula is C18H19BrN2O3. The number of amides is 2. The number of benzene rings is 2. The molecule has 0 aliphatic heterocycles. The van der Waals surface area contributed by atoms with Gasteiger partial charge in [-0.05, 0) is 62.4 Å². The molecule has 0 aliphatic carbocycles. The van der Waals surface area contributed by atoms with Gasteiger partial charge in [0.15, 0.2) is 0 Å². The van der Waals surface area contributed by atoms with E-state index in [2.05, 4.69) is 26.6 Å². The molecule has 24 heavy (non-hydrogen) atoms. The van der Waals surface area contributed by atoms with Crippen LogP contribution in [0, 0.1) is 0 Å². The quantitative estimate of drug-likeness (QED) is 0.791. The highest BCUT2D eigenvalue weighted by molar-refractivity contribution is 9.10. The van der Waals surface area contributed by atoms with Crippen molar-refractivity contribution in [2.45, 2.75) is 20.0 Å². The monoisotopic (exact) mass is 390 g/mol. The number of nitrogens with one attached hydrogen (secondary N) is 2. The fourth-order valence-electron chi connectivity index (χ4n) is 1.96. The molecule has 0 spiro atoms. The number of halogens is 1. The Morgan fingerprint density at radius 2 is 1.67 bits per heavy atom. The molecule has 6 heteroatoms. The molecule has 0 unspecified atom stereocenters. The van der Waals surface area contributed by atoms with Crippen molar-refractivity contribution in [1.29, 1.82) is 0 Å². The van der Waals surface area contributed by atoms with E-state index in [9.17, 15) is 9.59 Å². The van der Waals surface area contributed by atoms with E-state index in [4.69, 9.17) is 4.74 Å². The van der Waals surface area contributed by atoms with Crippen molar-refractivity contribution in [3.05, 3.63) is 58.6 Å². The predicted molar refractivity (Wildman–Crippen MR) is 97.3 cm³/mol. The van der Waals surface area contributed by atoms with Gasteiger partial charge in [-0.2, -0.15) is 0 Å². The van der Waals surface area contributed by atoms with Gasteiger partial charge in [-0.25, -0.2) is 0 Å². The molecule has 2 N–H and O–H groups in total. The van der Waals surface area contributed by atoms with Crippen LogP contribution in [0.5, 0.6) is 5.75 Å². The number of hydrogen-bond acceptors (Lipinski definition) is 3. The molecular weight excluding hydrogens is 372 g/mol. The van der Waals surface area contributed by atoms with Crippen LogP contribution >= 0.6 is 15.9 Å². The lowest BCUT2D eigenvalue weighted by Gasteiger charge is -2.11. The first kappa shape index (κ1) is 18.0. The summed E-state index contributed by atoms with van der Waals surface area (Å²) < 4.78 is 6.43. The summed E-state index contributed by atoms with van der Waals surface area (Å²) in [6.45, 7) is 3.80. The molecule has 0 aromatic heterocycles. The number of hydrogen-bond donors (Lipinski definition) is 2. The molecule has 0 radical (unpaired) electrons. The summed E-state index contributed by atoms with van der Waals surface area (Å²) in [5.74, 6) is 0.155. The second-order valence-electron chi connectivity index (χ2n) is 5.43. The van der Waals surface area contributed by atoms with E-state index in [-0.39, 0.29) is 24.5 Å². The summed E-state index contributed by atoms with van der Waals surface area (Å²) in [6.07, 6.45) is 0.0965. The average molecular weight is 391 g/mol. The maximum Gasteiger partial charge on any atom is 0.251 e. The molecule has 0 atom stereocenters. The van der Waals surface area contributed by atoms with Crippen molar-refractivity contribution in [2.75, 3.05) is 11.9 Å². The summed E-state index contributed by atoms with van der Waals surface area (Å²) in [5.41, 5.74) is 1.15. The van der Waals surface area contributed by atoms with Gasteiger partial charge in [0, 0.05) is 15.7 Å². The molecule has 5 nitrogen and oxygen atoms in total. The minimum atomic E-state index is -0.294. The molecule has 0 saturated carbocycles. The smallest absolute Gasteiger partial charge is 0.251 e. The van der Waals surface area contributed by atoms with Crippen LogP contribution < -0.4 is 15.4 Å². The summed E-state index contributed by atoms with van der Waals surface area (Å²) >= 11 is 3.31. The van der Waals surface area contributed by atoms with Gasteiger partial charge in [-0.15, -0.1) is 0 Å². The fourth-order valence-corrected chi connectivity index (χ4v) is 2.22. The zero-order valence-corrected chi connectivity index (χ0v) is 15.1. The zero-order valence-electron chi connectivity index (χ0n) is 13.5. The Hall–Kier alpha value is -2.34. The first-order chi connectivity index (χ1) is 11.4. The van der Waals surface area contributed by atoms with Gasteiger partial charge in [-0.1, -0.05) is 15.9 Å². The number of ether oxygens (including phenoxy) is 1. The molecule has 2 amide bonds. The maximum absolute atomic E-state index is 11.9. The maximum atomic E-state index is 11.9. The Bertz CT molecular complexity index is 697. The van der Waals surface area contributed by atoms with Crippen molar-refractivity contribution < 1.29 is 14.3 Å². The van der Waals surface area contributed by atoms with E-state index in [1.807, 2.05) is 13.8 Å². The second-order valence-corrected chi connectivity index (χ2v) is 6.34. The second kappa shape index (κ2) is 8.49. The molecule has 0 saturated heterocycles. The lowest BCUT2D eigenvalue weighted by Crippen LogP contribution is -2.32. The van der Waals surface area contributed by atoms with Crippen LogP contribution in [0.15, 0.2) is 53.0 Å². The van der Waals surface area contributed by atoms with Crippen LogP contribution in [0.4, 0.5) is 5.69 Å². The van der Waals surface area contributed by atoms with Crippen molar-refractivity contribution >= 4 is 33.4 Å². The third-order valence-electron chi connectivity index (χ3n) is 3.03. The zero-order chi connectivity index (χ0) is 17.5. The van der Waals surface area contributed by atoms with Crippen LogP contribution in [-0.4, -0.2) is 24.5 Å². The van der Waals surface area contributed by atoms with Gasteiger partial charge in [0.25, 0.3) is 5.91 Å². The van der Waals surface area contributed by atoms with Crippen LogP contribution in [0.2, 0.25) is 0 Å². The van der Waals surface area contributed by atoms with E-state index in [0.717, 1.165) is 10.2 Å². The van der Waals surface area contributed by atoms with E-state index in [1.165, 1.54) is 0 Å². The Morgan fingerprint density at radius 1 is 1.04 bits per heavy atom. The van der Waals surface area contributed by atoms with Crippen LogP contribution in [0.3, 0.4) is 0 Å². The number of carbonyl (C=O) groups excluding carboxylic acids is 2. The Balaban J connectivity index is 1.82. The third-order valence-corrected chi connectivity index (χ3v) is 3.55. The molecule has 0 heterocycles. The normalized spacial score (nSPS) is 10.3. The Kier molecular flexibility index (Phi) is 6.37. The standard InChI is InChI=1S/C18H19BrN2O3/c1-12(2)24-16-9-7-15(8-10-16)21-17(22)11-20-18(23)13-3-5-14(19)6-4-13/h3-10,12H,11H2,1-2H3,(H,20,23)(H,21,22). The van der Waals surface area contributed by atoms with Crippen molar-refractivity contribution in [3.8, 4) is 5.75 Å². The number of anilines is 1. The lowest BCUT2D eigenvalue weighted by atomic mass is 10.2. The fraction of sp³-hybridized carbons (Fsp3) is 0.222. The SMILES string of the molecule is CC(C)Oc1ccc(NC(=O)CNC(=O)c2ccc(Br)cc2)cc1. The molecule has 0 bridgehead atoms. The summed E-state index contributed by atoms with van der Waals surface area (Å²) in [5, 5.41) is 5.31. The first-order valence-electron chi connectivity index (χ1n) is 7.54. The first-order valence-corrected chi connectivity index (χ1v) is 8.33. The van der Waals surface area contributed by atoms with Gasteiger partial charge in [0.1, 0.15) is 5.75 Å².